The summed E-state index contributed by atoms with van der Waals surface area (Å²) in [6.07, 6.45) is 4.66. The minimum Gasteiger partial charge on any atom is -0.299 e. The summed E-state index contributed by atoms with van der Waals surface area (Å²) in [5.41, 5.74) is 1.38. The molecule has 1 aromatic rings. The summed E-state index contributed by atoms with van der Waals surface area (Å²) in [5, 5.41) is 0. The smallest absolute Gasteiger partial charge is 0.137 e. The number of likely N-dealkylation sites (tertiary alicyclic amines) is 1. The van der Waals surface area contributed by atoms with Gasteiger partial charge in [-0.3, -0.25) is 9.69 Å². The van der Waals surface area contributed by atoms with Gasteiger partial charge in [0, 0.05) is 18.0 Å². The minimum absolute atomic E-state index is 0.0191. The van der Waals surface area contributed by atoms with Crippen molar-refractivity contribution >= 4 is 5.78 Å². The molecule has 2 fully saturated rings. The van der Waals surface area contributed by atoms with Crippen molar-refractivity contribution < 1.29 is 4.79 Å². The molecular formula is C16H21NO. The molecule has 1 heterocycles. The molecule has 96 valence electrons. The second-order valence-corrected chi connectivity index (χ2v) is 5.83. The lowest BCUT2D eigenvalue weighted by atomic mass is 9.90. The molecule has 1 aromatic carbocycles. The van der Waals surface area contributed by atoms with Crippen molar-refractivity contribution in [2.45, 2.75) is 45.2 Å². The largest absolute Gasteiger partial charge is 0.299 e. The van der Waals surface area contributed by atoms with E-state index >= 15 is 0 Å². The number of Topliss-reactive ketones (excluding diaryl/α,β-unsaturated/α-hetero) is 1. The number of carbonyl (C=O) groups excluding carboxylic acids is 1. The lowest BCUT2D eigenvalue weighted by Crippen LogP contribution is -2.39. The molecular weight excluding hydrogens is 222 g/mol. The quantitative estimate of drug-likeness (QED) is 0.810. The van der Waals surface area contributed by atoms with E-state index in [4.69, 9.17) is 0 Å². The van der Waals surface area contributed by atoms with E-state index in [0.29, 0.717) is 11.8 Å². The number of benzene rings is 1. The predicted octanol–water partition coefficient (Wildman–Crippen LogP) is 3.02. The molecule has 0 N–H and O–H groups in total. The van der Waals surface area contributed by atoms with Gasteiger partial charge in [-0.15, -0.1) is 0 Å². The highest BCUT2D eigenvalue weighted by Gasteiger charge is 2.55. The third-order valence-corrected chi connectivity index (χ3v) is 4.72. The predicted molar refractivity (Wildman–Crippen MR) is 72.2 cm³/mol. The van der Waals surface area contributed by atoms with Gasteiger partial charge in [-0.25, -0.2) is 0 Å². The standard InChI is InChI=1S/C16H21NO/c1-13(18)16(9-10-16)15-8-5-11-17(15)12-14-6-3-2-4-7-14/h2-4,6-7,15H,5,8-12H2,1H3. The molecule has 3 rings (SSSR count). The fourth-order valence-corrected chi connectivity index (χ4v) is 3.51. The summed E-state index contributed by atoms with van der Waals surface area (Å²) in [7, 11) is 0. The van der Waals surface area contributed by atoms with E-state index in [9.17, 15) is 4.79 Å². The molecule has 1 aliphatic carbocycles. The maximum atomic E-state index is 11.9. The van der Waals surface area contributed by atoms with Crippen LogP contribution in [0.2, 0.25) is 0 Å². The van der Waals surface area contributed by atoms with Gasteiger partial charge in [-0.05, 0) is 44.7 Å². The van der Waals surface area contributed by atoms with Crippen LogP contribution in [0.25, 0.3) is 0 Å². The first-order valence-electron chi connectivity index (χ1n) is 7.01. The zero-order chi connectivity index (χ0) is 12.6. The first kappa shape index (κ1) is 11.9. The number of rotatable bonds is 4. The van der Waals surface area contributed by atoms with Crippen molar-refractivity contribution in [2.24, 2.45) is 5.41 Å². The Morgan fingerprint density at radius 3 is 2.67 bits per heavy atom. The average molecular weight is 243 g/mol. The van der Waals surface area contributed by atoms with Gasteiger partial charge >= 0.3 is 0 Å². The van der Waals surface area contributed by atoms with E-state index in [1.165, 1.54) is 18.4 Å². The van der Waals surface area contributed by atoms with Gasteiger partial charge in [-0.1, -0.05) is 30.3 Å². The summed E-state index contributed by atoms with van der Waals surface area (Å²) in [5.74, 6) is 0.410. The Bertz CT molecular complexity index is 436. The molecule has 1 aliphatic heterocycles. The molecule has 2 aliphatic rings. The van der Waals surface area contributed by atoms with Crippen LogP contribution in [0.5, 0.6) is 0 Å². The van der Waals surface area contributed by atoms with Crippen LogP contribution in [-0.2, 0) is 11.3 Å². The summed E-state index contributed by atoms with van der Waals surface area (Å²) < 4.78 is 0. The maximum Gasteiger partial charge on any atom is 0.137 e. The highest BCUT2D eigenvalue weighted by Crippen LogP contribution is 2.54. The van der Waals surface area contributed by atoms with Gasteiger partial charge in [0.1, 0.15) is 5.78 Å². The van der Waals surface area contributed by atoms with Gasteiger partial charge in [0.05, 0.1) is 0 Å². The Morgan fingerprint density at radius 2 is 2.06 bits per heavy atom. The van der Waals surface area contributed by atoms with Crippen LogP contribution < -0.4 is 0 Å². The topological polar surface area (TPSA) is 20.3 Å². The molecule has 0 amide bonds. The molecule has 0 bridgehead atoms. The van der Waals surface area contributed by atoms with Crippen LogP contribution in [0.1, 0.15) is 38.2 Å². The third kappa shape index (κ3) is 1.99. The maximum absolute atomic E-state index is 11.9. The van der Waals surface area contributed by atoms with Crippen LogP contribution in [0, 0.1) is 5.41 Å². The Balaban J connectivity index is 1.74. The van der Waals surface area contributed by atoms with Crippen molar-refractivity contribution in [1.82, 2.24) is 4.90 Å². The number of carbonyl (C=O) groups is 1. The number of nitrogens with zero attached hydrogens (tertiary/aromatic N) is 1. The van der Waals surface area contributed by atoms with Crippen molar-refractivity contribution in [3.8, 4) is 0 Å². The van der Waals surface area contributed by atoms with E-state index < -0.39 is 0 Å². The van der Waals surface area contributed by atoms with E-state index in [1.807, 2.05) is 0 Å². The van der Waals surface area contributed by atoms with Gasteiger partial charge in [0.15, 0.2) is 0 Å². The van der Waals surface area contributed by atoms with Gasteiger partial charge in [0.25, 0.3) is 0 Å². The Labute approximate surface area is 109 Å². The third-order valence-electron chi connectivity index (χ3n) is 4.72. The molecule has 1 saturated heterocycles. The van der Waals surface area contributed by atoms with Crippen LogP contribution in [0.15, 0.2) is 30.3 Å². The fourth-order valence-electron chi connectivity index (χ4n) is 3.51. The number of ketones is 1. The van der Waals surface area contributed by atoms with Crippen LogP contribution in [-0.4, -0.2) is 23.3 Å². The molecule has 0 spiro atoms. The van der Waals surface area contributed by atoms with E-state index in [-0.39, 0.29) is 5.41 Å². The second kappa shape index (κ2) is 4.51. The SMILES string of the molecule is CC(=O)C1(C2CCCN2Cc2ccccc2)CC1. The Hall–Kier alpha value is -1.15. The van der Waals surface area contributed by atoms with Gasteiger partial charge in [0.2, 0.25) is 0 Å². The van der Waals surface area contributed by atoms with Gasteiger partial charge < -0.3 is 0 Å². The molecule has 0 radical (unpaired) electrons. The monoisotopic (exact) mass is 243 g/mol. The van der Waals surface area contributed by atoms with Crippen molar-refractivity contribution in [1.29, 1.82) is 0 Å². The molecule has 0 aromatic heterocycles. The zero-order valence-corrected chi connectivity index (χ0v) is 11.1. The minimum atomic E-state index is 0.0191. The second-order valence-electron chi connectivity index (χ2n) is 5.83. The summed E-state index contributed by atoms with van der Waals surface area (Å²) in [4.78, 5) is 14.4. The molecule has 1 saturated carbocycles. The number of hydrogen-bond donors (Lipinski definition) is 0. The summed E-state index contributed by atoms with van der Waals surface area (Å²) in [6, 6.07) is 11.1. The molecule has 2 nitrogen and oxygen atoms in total. The molecule has 2 heteroatoms. The fraction of sp³-hybridized carbons (Fsp3) is 0.562. The van der Waals surface area contributed by atoms with E-state index in [0.717, 1.165) is 25.9 Å². The van der Waals surface area contributed by atoms with Gasteiger partial charge in [-0.2, -0.15) is 0 Å². The van der Waals surface area contributed by atoms with E-state index in [1.54, 1.807) is 6.92 Å². The molecule has 1 atom stereocenters. The van der Waals surface area contributed by atoms with Crippen LogP contribution in [0.4, 0.5) is 0 Å². The number of hydrogen-bond acceptors (Lipinski definition) is 2. The zero-order valence-electron chi connectivity index (χ0n) is 11.1. The highest BCUT2D eigenvalue weighted by molar-refractivity contribution is 5.86. The van der Waals surface area contributed by atoms with Crippen molar-refractivity contribution in [3.63, 3.8) is 0 Å². The normalized spacial score (nSPS) is 26.2. The Morgan fingerprint density at radius 1 is 1.33 bits per heavy atom. The lowest BCUT2D eigenvalue weighted by Gasteiger charge is -2.30. The molecule has 18 heavy (non-hydrogen) atoms. The Kier molecular flexibility index (Phi) is 2.98. The summed E-state index contributed by atoms with van der Waals surface area (Å²) in [6.45, 7) is 3.93. The first-order chi connectivity index (χ1) is 8.72. The average Bonchev–Trinajstić information content (AvgIpc) is 3.06. The van der Waals surface area contributed by atoms with Crippen LogP contribution >= 0.6 is 0 Å². The van der Waals surface area contributed by atoms with E-state index in [2.05, 4.69) is 35.2 Å². The van der Waals surface area contributed by atoms with Crippen molar-refractivity contribution in [2.75, 3.05) is 6.54 Å². The van der Waals surface area contributed by atoms with Crippen LogP contribution in [0.3, 0.4) is 0 Å². The first-order valence-corrected chi connectivity index (χ1v) is 7.01. The molecule has 1 unspecified atom stereocenters. The summed E-state index contributed by atoms with van der Waals surface area (Å²) >= 11 is 0. The van der Waals surface area contributed by atoms with Crippen molar-refractivity contribution in [3.05, 3.63) is 35.9 Å². The highest BCUT2D eigenvalue weighted by atomic mass is 16.1. The lowest BCUT2D eigenvalue weighted by molar-refractivity contribution is -0.124.